The molecule has 5 nitrogen and oxygen atoms in total. The van der Waals surface area contributed by atoms with Crippen LogP contribution in [0.1, 0.15) is 23.7 Å². The molecule has 1 unspecified atom stereocenters. The van der Waals surface area contributed by atoms with Crippen LogP contribution in [-0.2, 0) is 11.2 Å². The summed E-state index contributed by atoms with van der Waals surface area (Å²) < 4.78 is 10.1. The topological polar surface area (TPSA) is 74.2 Å². The van der Waals surface area contributed by atoms with Crippen LogP contribution in [0.3, 0.4) is 0 Å². The Balaban J connectivity index is 2.17. The van der Waals surface area contributed by atoms with Crippen molar-refractivity contribution in [1.29, 1.82) is 0 Å². The minimum atomic E-state index is -0.344. The molecule has 2 heterocycles. The van der Waals surface area contributed by atoms with Crippen LogP contribution in [0.2, 0.25) is 0 Å². The number of thiophene rings is 1. The number of aromatic nitrogens is 2. The number of rotatable bonds is 5. The van der Waals surface area contributed by atoms with Gasteiger partial charge in [0.25, 0.3) is 5.89 Å². The van der Waals surface area contributed by atoms with Crippen LogP contribution < -0.4 is 5.73 Å². The molecular formula is C11H15N3O2S. The molecule has 2 N–H and O–H groups in total. The van der Waals surface area contributed by atoms with Crippen molar-refractivity contribution in [3.8, 4) is 10.8 Å². The molecular weight excluding hydrogens is 238 g/mol. The van der Waals surface area contributed by atoms with Crippen molar-refractivity contribution in [2.24, 2.45) is 5.73 Å². The van der Waals surface area contributed by atoms with E-state index in [0.717, 1.165) is 11.3 Å². The van der Waals surface area contributed by atoms with E-state index in [-0.39, 0.29) is 6.04 Å². The third kappa shape index (κ3) is 2.71. The molecule has 0 saturated heterocycles. The third-order valence-electron chi connectivity index (χ3n) is 2.34. The van der Waals surface area contributed by atoms with E-state index in [4.69, 9.17) is 15.0 Å². The summed E-state index contributed by atoms with van der Waals surface area (Å²) in [5, 5.41) is 3.86. The monoisotopic (exact) mass is 253 g/mol. The van der Waals surface area contributed by atoms with Gasteiger partial charge < -0.3 is 15.0 Å². The van der Waals surface area contributed by atoms with Crippen molar-refractivity contribution in [2.75, 3.05) is 13.7 Å². The van der Waals surface area contributed by atoms with Crippen LogP contribution in [-0.4, -0.2) is 23.9 Å². The highest BCUT2D eigenvalue weighted by Crippen LogP contribution is 2.27. The van der Waals surface area contributed by atoms with Gasteiger partial charge in [-0.1, -0.05) is 12.1 Å². The lowest BCUT2D eigenvalue weighted by Crippen LogP contribution is -2.17. The predicted octanol–water partition coefficient (Wildman–Crippen LogP) is 2.01. The largest absolute Gasteiger partial charge is 0.383 e. The molecule has 0 bridgehead atoms. The summed E-state index contributed by atoms with van der Waals surface area (Å²) in [5.74, 6) is 1.00. The Morgan fingerprint density at radius 1 is 1.53 bits per heavy atom. The SMILES string of the molecule is CCc1ccc(-c2nc(C(N)COC)no2)s1. The molecule has 0 aliphatic heterocycles. The lowest BCUT2D eigenvalue weighted by Gasteiger charge is -2.02. The molecule has 0 radical (unpaired) electrons. The van der Waals surface area contributed by atoms with Crippen LogP contribution in [0.5, 0.6) is 0 Å². The third-order valence-corrected chi connectivity index (χ3v) is 3.56. The molecule has 0 aromatic carbocycles. The fourth-order valence-corrected chi connectivity index (χ4v) is 2.29. The summed E-state index contributed by atoms with van der Waals surface area (Å²) in [5.41, 5.74) is 5.82. The fourth-order valence-electron chi connectivity index (χ4n) is 1.42. The van der Waals surface area contributed by atoms with E-state index in [0.29, 0.717) is 18.3 Å². The molecule has 92 valence electrons. The number of methoxy groups -OCH3 is 1. The van der Waals surface area contributed by atoms with Crippen LogP contribution in [0, 0.1) is 0 Å². The molecule has 0 saturated carbocycles. The number of hydrogen-bond donors (Lipinski definition) is 1. The van der Waals surface area contributed by atoms with Crippen molar-refractivity contribution >= 4 is 11.3 Å². The maximum Gasteiger partial charge on any atom is 0.268 e. The Hall–Kier alpha value is -1.24. The Morgan fingerprint density at radius 3 is 3.00 bits per heavy atom. The molecule has 1 atom stereocenters. The molecule has 2 aromatic rings. The van der Waals surface area contributed by atoms with Gasteiger partial charge in [-0.25, -0.2) is 0 Å². The van der Waals surface area contributed by atoms with Gasteiger partial charge in [-0.3, -0.25) is 0 Å². The minimum Gasteiger partial charge on any atom is -0.383 e. The van der Waals surface area contributed by atoms with E-state index in [1.54, 1.807) is 18.4 Å². The first-order valence-corrected chi connectivity index (χ1v) is 6.23. The van der Waals surface area contributed by atoms with Gasteiger partial charge in [0.1, 0.15) is 0 Å². The predicted molar refractivity (Wildman–Crippen MR) is 65.8 cm³/mol. The van der Waals surface area contributed by atoms with E-state index in [1.165, 1.54) is 4.88 Å². The highest BCUT2D eigenvalue weighted by atomic mass is 32.1. The zero-order valence-corrected chi connectivity index (χ0v) is 10.7. The summed E-state index contributed by atoms with van der Waals surface area (Å²) in [6.07, 6.45) is 1.01. The number of ether oxygens (including phenoxy) is 1. The summed E-state index contributed by atoms with van der Waals surface area (Å²) >= 11 is 1.66. The highest BCUT2D eigenvalue weighted by molar-refractivity contribution is 7.15. The van der Waals surface area contributed by atoms with Gasteiger partial charge in [0, 0.05) is 12.0 Å². The van der Waals surface area contributed by atoms with Gasteiger partial charge in [-0.2, -0.15) is 4.98 Å². The van der Waals surface area contributed by atoms with Crippen molar-refractivity contribution in [3.63, 3.8) is 0 Å². The van der Waals surface area contributed by atoms with Crippen LogP contribution in [0.15, 0.2) is 16.7 Å². The number of nitrogens with zero attached hydrogens (tertiary/aromatic N) is 2. The molecule has 0 amide bonds. The number of hydrogen-bond acceptors (Lipinski definition) is 6. The van der Waals surface area contributed by atoms with E-state index >= 15 is 0 Å². The maximum absolute atomic E-state index is 5.82. The maximum atomic E-state index is 5.82. The standard InChI is InChI=1S/C11H15N3O2S/c1-3-7-4-5-9(17-7)11-13-10(14-16-11)8(12)6-15-2/h4-5,8H,3,6,12H2,1-2H3. The van der Waals surface area contributed by atoms with Gasteiger partial charge in [0.05, 0.1) is 17.5 Å². The van der Waals surface area contributed by atoms with E-state index in [9.17, 15) is 0 Å². The molecule has 0 aliphatic rings. The average molecular weight is 253 g/mol. The van der Waals surface area contributed by atoms with Crippen molar-refractivity contribution < 1.29 is 9.26 Å². The highest BCUT2D eigenvalue weighted by Gasteiger charge is 2.16. The molecule has 2 aromatic heterocycles. The number of nitrogens with two attached hydrogens (primary N) is 1. The average Bonchev–Trinajstić information content (AvgIpc) is 2.98. The lowest BCUT2D eigenvalue weighted by molar-refractivity contribution is 0.177. The Morgan fingerprint density at radius 2 is 2.35 bits per heavy atom. The van der Waals surface area contributed by atoms with Crippen molar-refractivity contribution in [1.82, 2.24) is 10.1 Å². The van der Waals surface area contributed by atoms with Crippen LogP contribution >= 0.6 is 11.3 Å². The normalized spacial score (nSPS) is 12.9. The molecule has 17 heavy (non-hydrogen) atoms. The summed E-state index contributed by atoms with van der Waals surface area (Å²) in [6.45, 7) is 2.49. The van der Waals surface area contributed by atoms with Crippen LogP contribution in [0.25, 0.3) is 10.8 Å². The van der Waals surface area contributed by atoms with Gasteiger partial charge in [0.2, 0.25) is 0 Å². The fraction of sp³-hybridized carbons (Fsp3) is 0.455. The molecule has 2 rings (SSSR count). The van der Waals surface area contributed by atoms with Crippen molar-refractivity contribution in [2.45, 2.75) is 19.4 Å². The smallest absolute Gasteiger partial charge is 0.268 e. The summed E-state index contributed by atoms with van der Waals surface area (Å²) in [6, 6.07) is 3.71. The van der Waals surface area contributed by atoms with Gasteiger partial charge in [0.15, 0.2) is 5.82 Å². The molecule has 6 heteroatoms. The molecule has 0 spiro atoms. The second-order valence-electron chi connectivity index (χ2n) is 3.64. The van der Waals surface area contributed by atoms with Gasteiger partial charge in [-0.05, 0) is 18.6 Å². The Labute approximate surface area is 104 Å². The first-order valence-electron chi connectivity index (χ1n) is 5.41. The second kappa shape index (κ2) is 5.39. The van der Waals surface area contributed by atoms with Gasteiger partial charge >= 0.3 is 0 Å². The van der Waals surface area contributed by atoms with Crippen molar-refractivity contribution in [3.05, 3.63) is 22.8 Å². The molecule has 0 aliphatic carbocycles. The quantitative estimate of drug-likeness (QED) is 0.882. The Bertz CT molecular complexity index is 481. The minimum absolute atomic E-state index is 0.344. The zero-order chi connectivity index (χ0) is 12.3. The second-order valence-corrected chi connectivity index (χ2v) is 4.81. The molecule has 0 fully saturated rings. The van der Waals surface area contributed by atoms with E-state index < -0.39 is 0 Å². The Kier molecular flexibility index (Phi) is 3.88. The van der Waals surface area contributed by atoms with Crippen LogP contribution in [0.4, 0.5) is 0 Å². The summed E-state index contributed by atoms with van der Waals surface area (Å²) in [7, 11) is 1.59. The summed E-state index contributed by atoms with van der Waals surface area (Å²) in [4.78, 5) is 6.54. The first kappa shape index (κ1) is 12.2. The lowest BCUT2D eigenvalue weighted by atomic mass is 10.3. The van der Waals surface area contributed by atoms with E-state index in [1.807, 2.05) is 6.07 Å². The van der Waals surface area contributed by atoms with Gasteiger partial charge in [-0.15, -0.1) is 11.3 Å². The zero-order valence-electron chi connectivity index (χ0n) is 9.84. The number of aryl methyl sites for hydroxylation is 1. The first-order chi connectivity index (χ1) is 8.24. The van der Waals surface area contributed by atoms with E-state index in [2.05, 4.69) is 23.1 Å².